The van der Waals surface area contributed by atoms with E-state index in [0.717, 1.165) is 30.4 Å². The van der Waals surface area contributed by atoms with Crippen LogP contribution in [0.1, 0.15) is 42.9 Å². The molecule has 2 aromatic carbocycles. The van der Waals surface area contributed by atoms with Gasteiger partial charge in [-0.3, -0.25) is 9.59 Å². The van der Waals surface area contributed by atoms with Gasteiger partial charge in [0.2, 0.25) is 5.91 Å². The van der Waals surface area contributed by atoms with Gasteiger partial charge in [-0.25, -0.2) is 0 Å². The maximum absolute atomic E-state index is 12.5. The predicted octanol–water partition coefficient (Wildman–Crippen LogP) is 3.85. The third-order valence-electron chi connectivity index (χ3n) is 4.69. The summed E-state index contributed by atoms with van der Waals surface area (Å²) in [5, 5.41) is 3.12. The first kappa shape index (κ1) is 16.4. The molecule has 2 aromatic rings. The number of amides is 1. The van der Waals surface area contributed by atoms with E-state index in [0.29, 0.717) is 12.8 Å². The molecule has 0 aliphatic heterocycles. The lowest BCUT2D eigenvalue weighted by atomic mass is 9.80. The van der Waals surface area contributed by atoms with E-state index in [4.69, 9.17) is 0 Å². The van der Waals surface area contributed by atoms with Crippen LogP contribution in [0.4, 0.5) is 0 Å². The molecule has 1 aliphatic rings. The third kappa shape index (κ3) is 4.10. The molecule has 0 aromatic heterocycles. The van der Waals surface area contributed by atoms with Crippen molar-refractivity contribution in [2.45, 2.75) is 38.1 Å². The summed E-state index contributed by atoms with van der Waals surface area (Å²) in [6, 6.07) is 19.3. The standard InChI is InChI=1S/C21H23NO2/c23-19-14-8-7-13-18(19)21(17-11-5-2-6-12-17)22-20(24)15-16-9-3-1-4-10-16/h1-6,9-12,18,21H,7-8,13-15H2,(H,22,24). The van der Waals surface area contributed by atoms with E-state index >= 15 is 0 Å². The average molecular weight is 321 g/mol. The van der Waals surface area contributed by atoms with Crippen molar-refractivity contribution in [1.29, 1.82) is 0 Å². The second kappa shape index (κ2) is 7.91. The van der Waals surface area contributed by atoms with Crippen molar-refractivity contribution in [2.75, 3.05) is 0 Å². The molecule has 1 fully saturated rings. The Morgan fingerprint density at radius 2 is 1.67 bits per heavy atom. The molecule has 0 saturated heterocycles. The van der Waals surface area contributed by atoms with E-state index in [1.54, 1.807) is 0 Å². The molecule has 3 rings (SSSR count). The molecule has 1 aliphatic carbocycles. The molecule has 0 heterocycles. The molecule has 2 unspecified atom stereocenters. The van der Waals surface area contributed by atoms with Crippen LogP contribution in [-0.4, -0.2) is 11.7 Å². The summed E-state index contributed by atoms with van der Waals surface area (Å²) < 4.78 is 0. The van der Waals surface area contributed by atoms with Crippen LogP contribution in [0.25, 0.3) is 0 Å². The second-order valence-corrected chi connectivity index (χ2v) is 6.44. The van der Waals surface area contributed by atoms with Crippen LogP contribution >= 0.6 is 0 Å². The number of benzene rings is 2. The van der Waals surface area contributed by atoms with Gasteiger partial charge in [0, 0.05) is 12.3 Å². The smallest absolute Gasteiger partial charge is 0.224 e. The zero-order valence-electron chi connectivity index (χ0n) is 13.8. The van der Waals surface area contributed by atoms with Gasteiger partial charge in [-0.1, -0.05) is 67.1 Å². The molecule has 1 amide bonds. The van der Waals surface area contributed by atoms with Gasteiger partial charge in [0.1, 0.15) is 5.78 Å². The van der Waals surface area contributed by atoms with Crippen molar-refractivity contribution in [1.82, 2.24) is 5.32 Å². The quantitative estimate of drug-likeness (QED) is 0.909. The van der Waals surface area contributed by atoms with Crippen molar-refractivity contribution in [3.8, 4) is 0 Å². The van der Waals surface area contributed by atoms with Crippen LogP contribution in [0.2, 0.25) is 0 Å². The van der Waals surface area contributed by atoms with Crippen molar-refractivity contribution >= 4 is 11.7 Å². The minimum absolute atomic E-state index is 0.0339. The van der Waals surface area contributed by atoms with Crippen molar-refractivity contribution in [3.63, 3.8) is 0 Å². The van der Waals surface area contributed by atoms with E-state index in [1.165, 1.54) is 0 Å². The number of Topliss-reactive ketones (excluding diaryl/α,β-unsaturated/α-hetero) is 1. The fourth-order valence-electron chi connectivity index (χ4n) is 3.44. The Hall–Kier alpha value is -2.42. The van der Waals surface area contributed by atoms with E-state index < -0.39 is 0 Å². The van der Waals surface area contributed by atoms with E-state index in [9.17, 15) is 9.59 Å². The summed E-state index contributed by atoms with van der Waals surface area (Å²) in [5.74, 6) is 0.129. The maximum Gasteiger partial charge on any atom is 0.224 e. The first-order valence-corrected chi connectivity index (χ1v) is 8.65. The van der Waals surface area contributed by atoms with Gasteiger partial charge in [0.25, 0.3) is 0 Å². The summed E-state index contributed by atoms with van der Waals surface area (Å²) in [4.78, 5) is 24.9. The normalized spacial score (nSPS) is 18.8. The maximum atomic E-state index is 12.5. The topological polar surface area (TPSA) is 46.2 Å². The Balaban J connectivity index is 1.77. The highest BCUT2D eigenvalue weighted by Crippen LogP contribution is 2.32. The molecule has 0 spiro atoms. The highest BCUT2D eigenvalue weighted by molar-refractivity contribution is 5.84. The minimum Gasteiger partial charge on any atom is -0.348 e. The largest absolute Gasteiger partial charge is 0.348 e. The van der Waals surface area contributed by atoms with Crippen LogP contribution in [0.15, 0.2) is 60.7 Å². The van der Waals surface area contributed by atoms with E-state index in [-0.39, 0.29) is 23.7 Å². The third-order valence-corrected chi connectivity index (χ3v) is 4.69. The van der Waals surface area contributed by atoms with Gasteiger partial charge in [0.05, 0.1) is 12.5 Å². The van der Waals surface area contributed by atoms with Crippen molar-refractivity contribution in [3.05, 3.63) is 71.8 Å². The van der Waals surface area contributed by atoms with Gasteiger partial charge < -0.3 is 5.32 Å². The van der Waals surface area contributed by atoms with Gasteiger partial charge in [-0.15, -0.1) is 0 Å². The first-order chi connectivity index (χ1) is 11.7. The van der Waals surface area contributed by atoms with Gasteiger partial charge in [-0.2, -0.15) is 0 Å². The summed E-state index contributed by atoms with van der Waals surface area (Å²) >= 11 is 0. The average Bonchev–Trinajstić information content (AvgIpc) is 2.62. The van der Waals surface area contributed by atoms with Gasteiger partial charge in [-0.05, 0) is 24.0 Å². The van der Waals surface area contributed by atoms with E-state index in [2.05, 4.69) is 5.32 Å². The molecule has 0 bridgehead atoms. The molecular weight excluding hydrogens is 298 g/mol. The fraction of sp³-hybridized carbons (Fsp3) is 0.333. The lowest BCUT2D eigenvalue weighted by Gasteiger charge is -2.30. The molecule has 3 nitrogen and oxygen atoms in total. The molecule has 1 N–H and O–H groups in total. The number of carbonyl (C=O) groups is 2. The molecule has 124 valence electrons. The lowest BCUT2D eigenvalue weighted by molar-refractivity contribution is -0.127. The number of carbonyl (C=O) groups excluding carboxylic acids is 2. The Bertz CT molecular complexity index is 681. The van der Waals surface area contributed by atoms with E-state index in [1.807, 2.05) is 60.7 Å². The Morgan fingerprint density at radius 3 is 2.33 bits per heavy atom. The highest BCUT2D eigenvalue weighted by atomic mass is 16.2. The molecule has 3 heteroatoms. The van der Waals surface area contributed by atoms with Crippen molar-refractivity contribution in [2.24, 2.45) is 5.92 Å². The van der Waals surface area contributed by atoms with Gasteiger partial charge >= 0.3 is 0 Å². The zero-order valence-corrected chi connectivity index (χ0v) is 13.8. The molecule has 24 heavy (non-hydrogen) atoms. The van der Waals surface area contributed by atoms with Crippen LogP contribution < -0.4 is 5.32 Å². The number of hydrogen-bond donors (Lipinski definition) is 1. The Morgan fingerprint density at radius 1 is 1.00 bits per heavy atom. The summed E-state index contributed by atoms with van der Waals surface area (Å²) in [6.07, 6.45) is 3.83. The molecule has 1 saturated carbocycles. The SMILES string of the molecule is O=C(Cc1ccccc1)NC(c1ccccc1)C1CCCCC1=O. The van der Waals surface area contributed by atoms with Crippen LogP contribution in [0.3, 0.4) is 0 Å². The Labute approximate surface area is 143 Å². The summed E-state index contributed by atoms with van der Waals surface area (Å²) in [5.41, 5.74) is 2.00. The van der Waals surface area contributed by atoms with Crippen LogP contribution in [0.5, 0.6) is 0 Å². The number of hydrogen-bond acceptors (Lipinski definition) is 2. The number of ketones is 1. The van der Waals surface area contributed by atoms with Crippen LogP contribution in [-0.2, 0) is 16.0 Å². The summed E-state index contributed by atoms with van der Waals surface area (Å²) in [6.45, 7) is 0. The number of nitrogens with one attached hydrogen (secondary N) is 1. The monoisotopic (exact) mass is 321 g/mol. The predicted molar refractivity (Wildman–Crippen MR) is 94.4 cm³/mol. The fourth-order valence-corrected chi connectivity index (χ4v) is 3.44. The van der Waals surface area contributed by atoms with Gasteiger partial charge in [0.15, 0.2) is 0 Å². The lowest BCUT2D eigenvalue weighted by Crippen LogP contribution is -2.38. The number of rotatable bonds is 5. The van der Waals surface area contributed by atoms with Crippen LogP contribution in [0, 0.1) is 5.92 Å². The highest BCUT2D eigenvalue weighted by Gasteiger charge is 2.32. The Kier molecular flexibility index (Phi) is 5.42. The molecule has 0 radical (unpaired) electrons. The second-order valence-electron chi connectivity index (χ2n) is 6.44. The van der Waals surface area contributed by atoms with Crippen molar-refractivity contribution < 1.29 is 9.59 Å². The first-order valence-electron chi connectivity index (χ1n) is 8.65. The summed E-state index contributed by atoms with van der Waals surface area (Å²) in [7, 11) is 0. The molecular formula is C21H23NO2. The molecule has 2 atom stereocenters. The minimum atomic E-state index is -0.227. The zero-order chi connectivity index (χ0) is 16.8.